The van der Waals surface area contributed by atoms with Crippen molar-refractivity contribution in [3.8, 4) is 5.75 Å². The lowest BCUT2D eigenvalue weighted by atomic mass is 9.33. The average molecular weight is 730 g/mol. The van der Waals surface area contributed by atoms with E-state index in [0.29, 0.717) is 43.1 Å². The molecule has 4 N–H and O–H groups in total. The molecule has 5 aliphatic rings. The third kappa shape index (κ3) is 6.33. The molecule has 0 spiro atoms. The lowest BCUT2D eigenvalue weighted by Crippen LogP contribution is -2.66. The number of anilines is 1. The van der Waals surface area contributed by atoms with Crippen molar-refractivity contribution < 1.29 is 44.0 Å². The van der Waals surface area contributed by atoms with Gasteiger partial charge in [0.25, 0.3) is 0 Å². The number of ether oxygens (including phenoxy) is 1. The number of fused-ring (bicyclic) bond motifs is 7. The molecule has 4 fully saturated rings. The van der Waals surface area contributed by atoms with Crippen LogP contribution in [0.4, 0.5) is 5.69 Å². The van der Waals surface area contributed by atoms with Gasteiger partial charge in [-0.05, 0) is 116 Å². The number of hydrogen-bond donors (Lipinski definition) is 4. The number of hydrogen-bond acceptors (Lipinski definition) is 7. The van der Waals surface area contributed by atoms with Gasteiger partial charge in [-0.1, -0.05) is 53.2 Å². The Hall–Kier alpha value is -4.21. The van der Waals surface area contributed by atoms with E-state index in [-0.39, 0.29) is 52.0 Å². The third-order valence-electron chi connectivity index (χ3n) is 15.0. The summed E-state index contributed by atoms with van der Waals surface area (Å²) >= 11 is 0. The van der Waals surface area contributed by atoms with Crippen LogP contribution in [0.5, 0.6) is 5.75 Å². The van der Waals surface area contributed by atoms with E-state index in [1.165, 1.54) is 30.4 Å². The highest BCUT2D eigenvalue weighted by atomic mass is 16.5. The number of Topliss-reactive ketones (excluding diaryl/α,β-unsaturated/α-hetero) is 1. The number of ketones is 1. The third-order valence-corrected chi connectivity index (χ3v) is 15.0. The lowest BCUT2D eigenvalue weighted by molar-refractivity contribution is -0.202. The number of nitrogens with one attached hydrogen (secondary N) is 1. The van der Waals surface area contributed by atoms with Crippen LogP contribution in [0.3, 0.4) is 0 Å². The molecule has 0 saturated heterocycles. The fourth-order valence-electron chi connectivity index (χ4n) is 12.1. The van der Waals surface area contributed by atoms with E-state index in [1.54, 1.807) is 0 Å². The predicted octanol–water partition coefficient (Wildman–Crippen LogP) is 7.96. The Morgan fingerprint density at radius 2 is 1.62 bits per heavy atom. The molecular weight excluding hydrogens is 674 g/mol. The molecule has 1 unspecified atom stereocenters. The minimum Gasteiger partial charge on any atom is -0.508 e. The SMILES string of the molecule is CC1(C)CC[C@]2(C(=O)O)CC[C@]3(COC(=O)C=Cc4cc(O)ccc4NC(=O)C=CC(=O)O)C(=CC[C@@H]4[C@@]5(C)CCC(=O)C(C)(C)C5CC[C@]43C)[C@H]2C1. The van der Waals surface area contributed by atoms with Gasteiger partial charge in [-0.2, -0.15) is 0 Å². The fraction of sp³-hybridized carbons (Fsp3) is 0.605. The monoisotopic (exact) mass is 729 g/mol. The number of carboxylic acids is 2. The molecule has 1 amide bonds. The van der Waals surface area contributed by atoms with Crippen molar-refractivity contribution in [3.63, 3.8) is 0 Å². The molecule has 0 aliphatic heterocycles. The average Bonchev–Trinajstić information content (AvgIpc) is 3.08. The number of aliphatic carboxylic acids is 2. The van der Waals surface area contributed by atoms with Crippen LogP contribution in [0.25, 0.3) is 6.08 Å². The second-order valence-electron chi connectivity index (χ2n) is 18.4. The molecular formula is C43H55NO9. The minimum atomic E-state index is -1.28. The molecule has 0 bridgehead atoms. The lowest BCUT2D eigenvalue weighted by Gasteiger charge is -2.70. The van der Waals surface area contributed by atoms with E-state index in [1.807, 2.05) is 0 Å². The molecule has 0 radical (unpaired) electrons. The number of aromatic hydroxyl groups is 1. The van der Waals surface area contributed by atoms with Gasteiger partial charge in [0.05, 0.1) is 5.41 Å². The van der Waals surface area contributed by atoms with Crippen molar-refractivity contribution in [2.75, 3.05) is 11.9 Å². The summed E-state index contributed by atoms with van der Waals surface area (Å²) in [5, 5.41) is 32.5. The van der Waals surface area contributed by atoms with Gasteiger partial charge in [0, 0.05) is 46.7 Å². The van der Waals surface area contributed by atoms with Crippen molar-refractivity contribution in [1.29, 1.82) is 0 Å². The molecule has 6 rings (SSSR count). The van der Waals surface area contributed by atoms with E-state index in [2.05, 4.69) is 52.9 Å². The molecule has 0 heterocycles. The summed E-state index contributed by atoms with van der Waals surface area (Å²) in [6.45, 7) is 13.5. The number of allylic oxidation sites excluding steroid dienone is 1. The van der Waals surface area contributed by atoms with Crippen molar-refractivity contribution in [1.82, 2.24) is 0 Å². The summed E-state index contributed by atoms with van der Waals surface area (Å²) in [5.41, 5.74) is -0.670. The first kappa shape index (κ1) is 38.5. The number of carboxylic acid groups (broad SMARTS) is 2. The van der Waals surface area contributed by atoms with Gasteiger partial charge in [0.1, 0.15) is 18.1 Å². The number of benzene rings is 1. The van der Waals surface area contributed by atoms with Crippen LogP contribution >= 0.6 is 0 Å². The Labute approximate surface area is 312 Å². The maximum absolute atomic E-state index is 13.7. The summed E-state index contributed by atoms with van der Waals surface area (Å²) in [4.78, 5) is 63.4. The molecule has 53 heavy (non-hydrogen) atoms. The maximum atomic E-state index is 13.7. The second kappa shape index (κ2) is 13.3. The Kier molecular flexibility index (Phi) is 9.64. The molecule has 0 aromatic heterocycles. The standard InChI is InChI=1S/C43H55NO9/c1-38(2)19-20-42(37(51)52)21-22-43(25-53-36(50)14-7-26-23-27(45)8-10-30(26)44-34(47)12-13-35(48)49)28(29(42)24-38)9-11-32-40(5)17-16-33(46)39(3,4)31(40)15-18-41(32,43)6/h7-10,12-14,23,29,31-32,45H,11,15-22,24-25H2,1-6H3,(H,44,47)(H,48,49)(H,51,52)/t29-,31?,32-,40+,41-,42+,43+/m1/s1. The quantitative estimate of drug-likeness (QED) is 0.0898. The summed E-state index contributed by atoms with van der Waals surface area (Å²) in [7, 11) is 0. The van der Waals surface area contributed by atoms with Crippen LogP contribution in [-0.2, 0) is 28.7 Å². The van der Waals surface area contributed by atoms with E-state index in [9.17, 15) is 34.2 Å². The van der Waals surface area contributed by atoms with E-state index in [4.69, 9.17) is 9.84 Å². The molecule has 10 nitrogen and oxygen atoms in total. The van der Waals surface area contributed by atoms with Gasteiger partial charge in [0.2, 0.25) is 5.91 Å². The molecule has 5 aliphatic carbocycles. The van der Waals surface area contributed by atoms with E-state index < -0.39 is 40.1 Å². The van der Waals surface area contributed by atoms with Crippen LogP contribution in [0.1, 0.15) is 111 Å². The van der Waals surface area contributed by atoms with Crippen molar-refractivity contribution in [3.05, 3.63) is 53.6 Å². The Balaban J connectivity index is 1.36. The molecule has 7 atom stereocenters. The summed E-state index contributed by atoms with van der Waals surface area (Å²) < 4.78 is 6.25. The number of rotatable bonds is 8. The van der Waals surface area contributed by atoms with Crippen LogP contribution < -0.4 is 5.32 Å². The first-order chi connectivity index (χ1) is 24.7. The van der Waals surface area contributed by atoms with Gasteiger partial charge in [-0.25, -0.2) is 9.59 Å². The van der Waals surface area contributed by atoms with E-state index >= 15 is 0 Å². The highest BCUT2D eigenvalue weighted by Crippen LogP contribution is 2.75. The number of carbonyl (C=O) groups is 5. The van der Waals surface area contributed by atoms with Crippen LogP contribution in [-0.4, -0.2) is 51.5 Å². The molecule has 1 aromatic carbocycles. The van der Waals surface area contributed by atoms with Crippen LogP contribution in [0.2, 0.25) is 0 Å². The fourth-order valence-corrected chi connectivity index (χ4v) is 12.1. The first-order valence-corrected chi connectivity index (χ1v) is 19.1. The first-order valence-electron chi connectivity index (χ1n) is 19.1. The van der Waals surface area contributed by atoms with Gasteiger partial charge in [-0.15, -0.1) is 0 Å². The van der Waals surface area contributed by atoms with Crippen LogP contribution in [0.15, 0.2) is 48.1 Å². The predicted molar refractivity (Wildman–Crippen MR) is 200 cm³/mol. The molecule has 286 valence electrons. The Morgan fingerprint density at radius 1 is 0.906 bits per heavy atom. The molecule has 10 heteroatoms. The molecule has 1 aromatic rings. The van der Waals surface area contributed by atoms with Gasteiger partial charge in [0.15, 0.2) is 0 Å². The Bertz CT molecular complexity index is 1820. The zero-order valence-corrected chi connectivity index (χ0v) is 31.9. The van der Waals surface area contributed by atoms with Crippen LogP contribution in [0, 0.1) is 50.2 Å². The summed E-state index contributed by atoms with van der Waals surface area (Å²) in [6, 6.07) is 4.19. The van der Waals surface area contributed by atoms with Crippen molar-refractivity contribution >= 4 is 41.4 Å². The maximum Gasteiger partial charge on any atom is 0.330 e. The normalized spacial score (nSPS) is 35.6. The number of phenolic OH excluding ortho intramolecular Hbond substituents is 1. The zero-order valence-electron chi connectivity index (χ0n) is 31.9. The number of carbonyl (C=O) groups excluding carboxylic acids is 3. The zero-order chi connectivity index (χ0) is 38.8. The van der Waals surface area contributed by atoms with Crippen molar-refractivity contribution in [2.24, 2.45) is 50.2 Å². The smallest absolute Gasteiger partial charge is 0.330 e. The summed E-state index contributed by atoms with van der Waals surface area (Å²) in [6.07, 6.45) is 13.8. The van der Waals surface area contributed by atoms with Crippen molar-refractivity contribution in [2.45, 2.75) is 106 Å². The van der Waals surface area contributed by atoms with Gasteiger partial charge < -0.3 is 25.4 Å². The number of amides is 1. The largest absolute Gasteiger partial charge is 0.508 e. The topological polar surface area (TPSA) is 167 Å². The molecule has 4 saturated carbocycles. The number of esters is 1. The Morgan fingerprint density at radius 3 is 2.32 bits per heavy atom. The minimum absolute atomic E-state index is 0.0418. The number of phenols is 1. The highest BCUT2D eigenvalue weighted by molar-refractivity contribution is 6.03. The van der Waals surface area contributed by atoms with E-state index in [0.717, 1.165) is 50.2 Å². The second-order valence-corrected chi connectivity index (χ2v) is 18.4. The highest BCUT2D eigenvalue weighted by Gasteiger charge is 2.71. The van der Waals surface area contributed by atoms with Gasteiger partial charge >= 0.3 is 17.9 Å². The van der Waals surface area contributed by atoms with Gasteiger partial charge in [-0.3, -0.25) is 14.4 Å². The summed E-state index contributed by atoms with van der Waals surface area (Å²) in [5.74, 6) is -2.84.